The lowest BCUT2D eigenvalue weighted by atomic mass is 9.95. The van der Waals surface area contributed by atoms with E-state index in [-0.39, 0.29) is 11.8 Å². The van der Waals surface area contributed by atoms with Crippen LogP contribution in [0.25, 0.3) is 0 Å². The Kier molecular flexibility index (Phi) is 7.31. The number of amides is 1. The maximum atomic E-state index is 12.9. The standard InChI is InChI=1S/C25H28N4O5/c1-31-18-5-4-6-20(15-18)34-25-23(26-11-12-27-25)29-13-9-17(10-14-29)24(30)28-21-8-7-19(32-2)16-22(21)33-3/h4-8,11-12,15-17H,9-10,13-14H2,1-3H3,(H,28,30). The van der Waals surface area contributed by atoms with E-state index in [9.17, 15) is 4.79 Å². The van der Waals surface area contributed by atoms with Gasteiger partial charge in [-0.15, -0.1) is 0 Å². The van der Waals surface area contributed by atoms with E-state index in [1.165, 1.54) is 0 Å². The van der Waals surface area contributed by atoms with E-state index in [1.807, 2.05) is 18.2 Å². The number of hydrogen-bond acceptors (Lipinski definition) is 8. The fourth-order valence-corrected chi connectivity index (χ4v) is 3.87. The largest absolute Gasteiger partial charge is 0.497 e. The van der Waals surface area contributed by atoms with Gasteiger partial charge < -0.3 is 29.2 Å². The fourth-order valence-electron chi connectivity index (χ4n) is 3.87. The summed E-state index contributed by atoms with van der Waals surface area (Å²) >= 11 is 0. The molecular formula is C25H28N4O5. The number of nitrogens with zero attached hydrogens (tertiary/aromatic N) is 3. The maximum Gasteiger partial charge on any atom is 0.263 e. The van der Waals surface area contributed by atoms with Gasteiger partial charge in [0, 0.05) is 43.5 Å². The first-order valence-corrected chi connectivity index (χ1v) is 11.0. The lowest BCUT2D eigenvalue weighted by Crippen LogP contribution is -2.38. The van der Waals surface area contributed by atoms with Crippen LogP contribution < -0.4 is 29.2 Å². The van der Waals surface area contributed by atoms with Crippen molar-refractivity contribution in [2.24, 2.45) is 5.92 Å². The zero-order valence-corrected chi connectivity index (χ0v) is 19.5. The highest BCUT2D eigenvalue weighted by atomic mass is 16.5. The van der Waals surface area contributed by atoms with Gasteiger partial charge in [-0.2, -0.15) is 0 Å². The number of hydrogen-bond donors (Lipinski definition) is 1. The van der Waals surface area contributed by atoms with E-state index >= 15 is 0 Å². The molecule has 3 aromatic rings. The third-order valence-electron chi connectivity index (χ3n) is 5.73. The summed E-state index contributed by atoms with van der Waals surface area (Å²) in [6.45, 7) is 1.32. The summed E-state index contributed by atoms with van der Waals surface area (Å²) < 4.78 is 21.9. The molecule has 0 aliphatic carbocycles. The molecular weight excluding hydrogens is 436 g/mol. The van der Waals surface area contributed by atoms with Crippen molar-refractivity contribution in [3.05, 3.63) is 54.9 Å². The Labute approximate surface area is 198 Å². The summed E-state index contributed by atoms with van der Waals surface area (Å²) in [6.07, 6.45) is 4.60. The van der Waals surface area contributed by atoms with Crippen molar-refractivity contribution in [1.82, 2.24) is 9.97 Å². The van der Waals surface area contributed by atoms with Gasteiger partial charge in [0.15, 0.2) is 5.82 Å². The molecule has 1 aliphatic heterocycles. The van der Waals surface area contributed by atoms with E-state index < -0.39 is 0 Å². The molecule has 0 atom stereocenters. The predicted octanol–water partition coefficient (Wildman–Crippen LogP) is 4.15. The normalized spacial score (nSPS) is 13.8. The minimum absolute atomic E-state index is 0.0323. The van der Waals surface area contributed by atoms with Crippen molar-refractivity contribution in [1.29, 1.82) is 0 Å². The molecule has 9 heteroatoms. The van der Waals surface area contributed by atoms with Crippen molar-refractivity contribution in [3.63, 3.8) is 0 Å². The molecule has 1 aromatic heterocycles. The first-order valence-electron chi connectivity index (χ1n) is 11.0. The second kappa shape index (κ2) is 10.7. The first-order chi connectivity index (χ1) is 16.6. The lowest BCUT2D eigenvalue weighted by molar-refractivity contribution is -0.120. The lowest BCUT2D eigenvalue weighted by Gasteiger charge is -2.32. The van der Waals surface area contributed by atoms with Gasteiger partial charge in [0.25, 0.3) is 5.88 Å². The van der Waals surface area contributed by atoms with E-state index in [1.54, 1.807) is 58.0 Å². The minimum atomic E-state index is -0.123. The van der Waals surface area contributed by atoms with Gasteiger partial charge in [0.2, 0.25) is 5.91 Å². The molecule has 0 unspecified atom stereocenters. The van der Waals surface area contributed by atoms with Gasteiger partial charge in [-0.05, 0) is 37.1 Å². The van der Waals surface area contributed by atoms with E-state index in [0.29, 0.717) is 66.3 Å². The zero-order chi connectivity index (χ0) is 23.9. The van der Waals surface area contributed by atoms with Gasteiger partial charge in [0.1, 0.15) is 23.0 Å². The predicted molar refractivity (Wildman–Crippen MR) is 128 cm³/mol. The topological polar surface area (TPSA) is 95.0 Å². The molecule has 1 aliphatic rings. The Morgan fingerprint density at radius 1 is 0.912 bits per heavy atom. The van der Waals surface area contributed by atoms with Gasteiger partial charge in [0.05, 0.1) is 27.0 Å². The molecule has 1 amide bonds. The van der Waals surface area contributed by atoms with E-state index in [0.717, 1.165) is 0 Å². The summed E-state index contributed by atoms with van der Waals surface area (Å²) in [4.78, 5) is 23.9. The molecule has 34 heavy (non-hydrogen) atoms. The van der Waals surface area contributed by atoms with Crippen LogP contribution in [0.1, 0.15) is 12.8 Å². The number of anilines is 2. The van der Waals surface area contributed by atoms with Crippen LogP contribution in [0.3, 0.4) is 0 Å². The highest BCUT2D eigenvalue weighted by molar-refractivity contribution is 5.94. The van der Waals surface area contributed by atoms with Gasteiger partial charge in [-0.1, -0.05) is 6.07 Å². The van der Waals surface area contributed by atoms with Crippen LogP contribution in [-0.2, 0) is 4.79 Å². The second-order valence-electron chi connectivity index (χ2n) is 7.78. The average Bonchev–Trinajstić information content (AvgIpc) is 2.89. The number of methoxy groups -OCH3 is 3. The SMILES string of the molecule is COc1cccc(Oc2nccnc2N2CCC(C(=O)Nc3ccc(OC)cc3OC)CC2)c1. The molecule has 0 bridgehead atoms. The zero-order valence-electron chi connectivity index (χ0n) is 19.5. The molecule has 0 radical (unpaired) electrons. The quantitative estimate of drug-likeness (QED) is 0.531. The summed E-state index contributed by atoms with van der Waals surface area (Å²) in [6, 6.07) is 12.7. The van der Waals surface area contributed by atoms with Crippen LogP contribution in [0, 0.1) is 5.92 Å². The summed E-state index contributed by atoms with van der Waals surface area (Å²) in [7, 11) is 4.76. The number of nitrogens with one attached hydrogen (secondary N) is 1. The van der Waals surface area contributed by atoms with Crippen LogP contribution in [0.5, 0.6) is 28.9 Å². The number of piperidine rings is 1. The van der Waals surface area contributed by atoms with Crippen LogP contribution in [0.2, 0.25) is 0 Å². The number of benzene rings is 2. The van der Waals surface area contributed by atoms with Crippen molar-refractivity contribution in [3.8, 4) is 28.9 Å². The van der Waals surface area contributed by atoms with Crippen LogP contribution in [0.15, 0.2) is 54.9 Å². The van der Waals surface area contributed by atoms with E-state index in [2.05, 4.69) is 20.2 Å². The second-order valence-corrected chi connectivity index (χ2v) is 7.78. The highest BCUT2D eigenvalue weighted by Gasteiger charge is 2.28. The molecule has 9 nitrogen and oxygen atoms in total. The number of carbonyl (C=O) groups excluding carboxylic acids is 1. The molecule has 0 saturated carbocycles. The van der Waals surface area contributed by atoms with Crippen molar-refractivity contribution in [2.45, 2.75) is 12.8 Å². The maximum absolute atomic E-state index is 12.9. The molecule has 4 rings (SSSR count). The third-order valence-corrected chi connectivity index (χ3v) is 5.73. The van der Waals surface area contributed by atoms with Gasteiger partial charge in [-0.25, -0.2) is 9.97 Å². The van der Waals surface area contributed by atoms with Crippen LogP contribution in [0.4, 0.5) is 11.5 Å². The molecule has 2 aromatic carbocycles. The summed E-state index contributed by atoms with van der Waals surface area (Å²) in [5.41, 5.74) is 0.624. The number of rotatable bonds is 8. The summed E-state index contributed by atoms with van der Waals surface area (Å²) in [5, 5.41) is 2.99. The highest BCUT2D eigenvalue weighted by Crippen LogP contribution is 2.33. The van der Waals surface area contributed by atoms with E-state index in [4.69, 9.17) is 18.9 Å². The smallest absolute Gasteiger partial charge is 0.263 e. The Morgan fingerprint density at radius 3 is 2.35 bits per heavy atom. The molecule has 178 valence electrons. The minimum Gasteiger partial charge on any atom is -0.497 e. The number of ether oxygens (including phenoxy) is 4. The van der Waals surface area contributed by atoms with Crippen molar-refractivity contribution < 1.29 is 23.7 Å². The molecule has 1 fully saturated rings. The molecule has 1 saturated heterocycles. The Hall–Kier alpha value is -4.01. The van der Waals surface area contributed by atoms with Gasteiger partial charge in [-0.3, -0.25) is 4.79 Å². The van der Waals surface area contributed by atoms with Gasteiger partial charge >= 0.3 is 0 Å². The molecule has 0 spiro atoms. The van der Waals surface area contributed by atoms with Crippen molar-refractivity contribution in [2.75, 3.05) is 44.6 Å². The van der Waals surface area contributed by atoms with Crippen LogP contribution in [-0.4, -0.2) is 50.3 Å². The molecule has 1 N–H and O–H groups in total. The fraction of sp³-hybridized carbons (Fsp3) is 0.320. The molecule has 2 heterocycles. The Balaban J connectivity index is 1.40. The first kappa shape index (κ1) is 23.2. The van der Waals surface area contributed by atoms with Crippen molar-refractivity contribution >= 4 is 17.4 Å². The Morgan fingerprint density at radius 2 is 1.62 bits per heavy atom. The number of aromatic nitrogens is 2. The Bertz CT molecular complexity index is 1130. The summed E-state index contributed by atoms with van der Waals surface area (Å²) in [5.74, 6) is 3.45. The third kappa shape index (κ3) is 5.31. The monoisotopic (exact) mass is 464 g/mol. The number of carbonyl (C=O) groups is 1. The average molecular weight is 465 g/mol. The van der Waals surface area contributed by atoms with Crippen LogP contribution >= 0.6 is 0 Å².